The van der Waals surface area contributed by atoms with Crippen molar-refractivity contribution in [3.05, 3.63) is 0 Å². The summed E-state index contributed by atoms with van der Waals surface area (Å²) in [5.74, 6) is 0. The van der Waals surface area contributed by atoms with Crippen LogP contribution >= 0.6 is 7.92 Å². The molecule has 0 atom stereocenters. The molecule has 0 unspecified atom stereocenters. The van der Waals surface area contributed by atoms with Gasteiger partial charge in [0.25, 0.3) is 0 Å². The third kappa shape index (κ3) is 74.5. The fourth-order valence-electron chi connectivity index (χ4n) is 13.2. The van der Waals surface area contributed by atoms with Gasteiger partial charge in [0, 0.05) is 0 Å². The molecule has 476 valence electrons. The zero-order valence-corrected chi connectivity index (χ0v) is 57.4. The van der Waals surface area contributed by atoms with Crippen LogP contribution in [0, 0.1) is 0 Å². The molecule has 0 aliphatic heterocycles. The predicted octanol–water partition coefficient (Wildman–Crippen LogP) is 30.6. The van der Waals surface area contributed by atoms with Crippen LogP contribution < -0.4 is 0 Å². The molecule has 0 bridgehead atoms. The summed E-state index contributed by atoms with van der Waals surface area (Å²) in [6.07, 6.45) is 112. The van der Waals surface area contributed by atoms with E-state index in [-0.39, 0.29) is 0 Å². The second kappa shape index (κ2) is 76.4. The Balaban J connectivity index is 3.99. The lowest BCUT2D eigenvalue weighted by Gasteiger charge is -2.18. The largest absolute Gasteiger partial charge is 0.107 e. The summed E-state index contributed by atoms with van der Waals surface area (Å²) in [5, 5.41) is 0. The lowest BCUT2D eigenvalue weighted by atomic mass is 10.0. The molecular weight excluding hydrogens is 968 g/mol. The minimum absolute atomic E-state index is 0.294. The summed E-state index contributed by atoms with van der Waals surface area (Å²) >= 11 is 0. The van der Waals surface area contributed by atoms with E-state index in [0.717, 1.165) is 0 Å². The Bertz CT molecular complexity index is 865. The summed E-state index contributed by atoms with van der Waals surface area (Å²) in [6, 6.07) is 0. The Morgan fingerprint density at radius 1 is 0.101 bits per heavy atom. The van der Waals surface area contributed by atoms with E-state index in [1.807, 2.05) is 0 Å². The Morgan fingerprint density at radius 3 is 0.266 bits per heavy atom. The van der Waals surface area contributed by atoms with Gasteiger partial charge >= 0.3 is 0 Å². The smallest absolute Gasteiger partial charge is 0.0326 e. The third-order valence-corrected chi connectivity index (χ3v) is 21.8. The van der Waals surface area contributed by atoms with Crippen LogP contribution in [0.15, 0.2) is 0 Å². The van der Waals surface area contributed by atoms with E-state index in [0.29, 0.717) is 7.92 Å². The molecule has 0 saturated carbocycles. The van der Waals surface area contributed by atoms with Gasteiger partial charge < -0.3 is 0 Å². The molecule has 79 heavy (non-hydrogen) atoms. The van der Waals surface area contributed by atoms with E-state index < -0.39 is 0 Å². The minimum atomic E-state index is 0.294. The van der Waals surface area contributed by atoms with Gasteiger partial charge in [-0.3, -0.25) is 0 Å². The first-order valence-corrected chi connectivity index (χ1v) is 41.0. The molecular formula is C78H159P. The summed E-state index contributed by atoms with van der Waals surface area (Å²) < 4.78 is 0. The molecule has 0 nitrogen and oxygen atoms in total. The molecule has 0 spiro atoms. The summed E-state index contributed by atoms with van der Waals surface area (Å²) in [4.78, 5) is 0. The van der Waals surface area contributed by atoms with E-state index in [2.05, 4.69) is 20.8 Å². The predicted molar refractivity (Wildman–Crippen MR) is 371 cm³/mol. The van der Waals surface area contributed by atoms with Gasteiger partial charge in [0.1, 0.15) is 0 Å². The molecule has 0 aliphatic carbocycles. The summed E-state index contributed by atoms with van der Waals surface area (Å²) in [5.41, 5.74) is 0. The SMILES string of the molecule is CCCCCCCCCCCCCCCCCCCCCCCCCCP(CCCCCCCCCCCCCCCCCCCCCCCCCC)CCCCCCCCCCCCCCCCCCCCCCCCCC. The Hall–Kier alpha value is 0.430. The van der Waals surface area contributed by atoms with Crippen molar-refractivity contribution in [1.29, 1.82) is 0 Å². The molecule has 0 rings (SSSR count). The molecule has 0 aromatic carbocycles. The number of rotatable bonds is 75. The Kier molecular flexibility index (Phi) is 76.9. The topological polar surface area (TPSA) is 0 Å². The second-order valence-corrected chi connectivity index (χ2v) is 29.9. The highest BCUT2D eigenvalue weighted by atomic mass is 31.1. The lowest BCUT2D eigenvalue weighted by molar-refractivity contribution is 0.517. The molecule has 0 N–H and O–H groups in total. The molecule has 0 aromatic heterocycles. The third-order valence-electron chi connectivity index (χ3n) is 19.0. The van der Waals surface area contributed by atoms with Crippen LogP contribution in [0.3, 0.4) is 0 Å². The maximum absolute atomic E-state index is 2.32. The van der Waals surface area contributed by atoms with E-state index in [1.54, 1.807) is 37.7 Å². The Labute approximate surface area is 506 Å². The fraction of sp³-hybridized carbons (Fsp3) is 1.00. The van der Waals surface area contributed by atoms with Gasteiger partial charge in [-0.1, -0.05) is 464 Å². The van der Waals surface area contributed by atoms with Crippen LogP contribution in [0.1, 0.15) is 483 Å². The van der Waals surface area contributed by atoms with Gasteiger partial charge in [-0.2, -0.15) is 0 Å². The molecule has 0 radical (unpaired) electrons. The van der Waals surface area contributed by atoms with Crippen molar-refractivity contribution >= 4 is 7.92 Å². The molecule has 0 fully saturated rings. The van der Waals surface area contributed by atoms with Crippen LogP contribution in [0.5, 0.6) is 0 Å². The Morgan fingerprint density at radius 2 is 0.177 bits per heavy atom. The summed E-state index contributed by atoms with van der Waals surface area (Å²) in [6.45, 7) is 6.97. The van der Waals surface area contributed by atoms with Gasteiger partial charge in [0.2, 0.25) is 0 Å². The molecule has 1 heteroatoms. The van der Waals surface area contributed by atoms with E-state index in [9.17, 15) is 0 Å². The van der Waals surface area contributed by atoms with Gasteiger partial charge in [-0.25, -0.2) is 0 Å². The van der Waals surface area contributed by atoms with Crippen molar-refractivity contribution in [2.75, 3.05) is 18.5 Å². The van der Waals surface area contributed by atoms with Crippen molar-refractivity contribution in [3.8, 4) is 0 Å². The average molecular weight is 1130 g/mol. The maximum atomic E-state index is 2.32. The van der Waals surface area contributed by atoms with E-state index >= 15 is 0 Å². The minimum Gasteiger partial charge on any atom is -0.107 e. The summed E-state index contributed by atoms with van der Waals surface area (Å²) in [7, 11) is 0.294. The second-order valence-electron chi connectivity index (χ2n) is 27.2. The van der Waals surface area contributed by atoms with Crippen LogP contribution in [0.2, 0.25) is 0 Å². The van der Waals surface area contributed by atoms with Crippen molar-refractivity contribution in [2.24, 2.45) is 0 Å². The van der Waals surface area contributed by atoms with Gasteiger partial charge in [-0.05, 0) is 37.7 Å². The fourth-order valence-corrected chi connectivity index (χ4v) is 15.9. The zero-order chi connectivity index (χ0) is 56.6. The van der Waals surface area contributed by atoms with Crippen LogP contribution in [-0.2, 0) is 0 Å². The van der Waals surface area contributed by atoms with E-state index in [1.165, 1.54) is 443 Å². The first-order chi connectivity index (χ1) is 39.3. The van der Waals surface area contributed by atoms with E-state index in [4.69, 9.17) is 0 Å². The normalized spacial score (nSPS) is 11.8. The van der Waals surface area contributed by atoms with Gasteiger partial charge in [-0.15, -0.1) is 7.92 Å². The highest BCUT2D eigenvalue weighted by molar-refractivity contribution is 7.57. The first-order valence-electron chi connectivity index (χ1n) is 39.1. The highest BCUT2D eigenvalue weighted by Crippen LogP contribution is 2.39. The average Bonchev–Trinajstić information content (AvgIpc) is 3.46. The van der Waals surface area contributed by atoms with Crippen LogP contribution in [-0.4, -0.2) is 18.5 Å². The van der Waals surface area contributed by atoms with Gasteiger partial charge in [0.15, 0.2) is 0 Å². The zero-order valence-electron chi connectivity index (χ0n) is 56.5. The molecule has 0 aromatic rings. The first kappa shape index (κ1) is 79.4. The lowest BCUT2D eigenvalue weighted by Crippen LogP contribution is -1.97. The van der Waals surface area contributed by atoms with Gasteiger partial charge in [0.05, 0.1) is 0 Å². The van der Waals surface area contributed by atoms with Crippen molar-refractivity contribution < 1.29 is 0 Å². The number of unbranched alkanes of at least 4 members (excludes halogenated alkanes) is 69. The number of hydrogen-bond acceptors (Lipinski definition) is 0. The van der Waals surface area contributed by atoms with Crippen molar-refractivity contribution in [1.82, 2.24) is 0 Å². The van der Waals surface area contributed by atoms with Crippen molar-refractivity contribution in [2.45, 2.75) is 483 Å². The molecule has 0 saturated heterocycles. The maximum Gasteiger partial charge on any atom is -0.0326 e. The number of hydrogen-bond donors (Lipinski definition) is 0. The van der Waals surface area contributed by atoms with Crippen molar-refractivity contribution in [3.63, 3.8) is 0 Å². The molecule has 0 heterocycles. The van der Waals surface area contributed by atoms with Crippen LogP contribution in [0.4, 0.5) is 0 Å². The standard InChI is InChI=1S/C78H159P/c1-4-7-10-13-16-19-22-25-28-31-34-37-40-43-46-49-52-55-58-61-64-67-70-73-76-79(77-74-71-68-65-62-59-56-53-50-47-44-41-38-35-32-29-26-23-20-17-14-11-8-5-2)78-75-72-69-66-63-60-57-54-51-48-45-42-39-36-33-30-27-24-21-18-15-12-9-6-3/h4-78H2,1-3H3. The highest BCUT2D eigenvalue weighted by Gasteiger charge is 2.09. The monoisotopic (exact) mass is 1130 g/mol. The quantitative estimate of drug-likeness (QED) is 0.0421. The van der Waals surface area contributed by atoms with Crippen LogP contribution in [0.25, 0.3) is 0 Å². The molecule has 0 amide bonds. The molecule has 0 aliphatic rings.